The first kappa shape index (κ1) is 25.1. The Balaban J connectivity index is 1.71. The molecule has 0 N–H and O–H groups in total. The zero-order chi connectivity index (χ0) is 26.5. The molecule has 1 fully saturated rings. The fourth-order valence-corrected chi connectivity index (χ4v) is 9.94. The molecule has 0 spiro atoms. The average molecular weight is 526 g/mol. The van der Waals surface area contributed by atoms with E-state index in [1.165, 1.54) is 33.4 Å². The molecule has 0 amide bonds. The van der Waals surface area contributed by atoms with Crippen molar-refractivity contribution in [2.24, 2.45) is 9.85 Å². The van der Waals surface area contributed by atoms with Gasteiger partial charge in [-0.1, -0.05) is 62.4 Å². The maximum Gasteiger partial charge on any atom is 0.180 e. The highest BCUT2D eigenvalue weighted by Gasteiger charge is 2.50. The van der Waals surface area contributed by atoms with Crippen molar-refractivity contribution in [2.45, 2.75) is 33.1 Å². The van der Waals surface area contributed by atoms with E-state index in [1.54, 1.807) is 0 Å². The van der Waals surface area contributed by atoms with E-state index < -0.39 is 7.36 Å². The second-order valence-electron chi connectivity index (χ2n) is 10.8. The van der Waals surface area contributed by atoms with Crippen LogP contribution in [0.15, 0.2) is 93.7 Å². The molecule has 0 unspecified atom stereocenters. The normalized spacial score (nSPS) is 24.7. The number of likely N-dealkylation sites (N-methyl/N-ethyl adjacent to an activating group) is 1. The summed E-state index contributed by atoms with van der Waals surface area (Å²) in [6, 6.07) is 25.7. The van der Waals surface area contributed by atoms with E-state index in [2.05, 4.69) is 128 Å². The number of anilines is 2. The number of nitrogens with zero attached hydrogens (tertiary/aromatic N) is 5. The first-order chi connectivity index (χ1) is 18.4. The van der Waals surface area contributed by atoms with Crippen molar-refractivity contribution in [3.63, 3.8) is 0 Å². The number of hydrogen-bond donors (Lipinski definition) is 0. The maximum absolute atomic E-state index is 5.86. The van der Waals surface area contributed by atoms with E-state index in [9.17, 15) is 0 Å². The van der Waals surface area contributed by atoms with Crippen LogP contribution < -0.4 is 9.68 Å². The molecule has 3 heterocycles. The fraction of sp³-hybridized carbons (Fsp3) is 0.323. The Labute approximate surface area is 226 Å². The molecule has 6 nitrogen and oxygen atoms in total. The third-order valence-corrected chi connectivity index (χ3v) is 11.7. The summed E-state index contributed by atoms with van der Waals surface area (Å²) < 4.78 is 16.5. The monoisotopic (exact) mass is 525 g/mol. The number of ether oxygens (including phenoxy) is 1. The Kier molecular flexibility index (Phi) is 6.30. The molecule has 7 heteroatoms. The quantitative estimate of drug-likeness (QED) is 0.333. The van der Waals surface area contributed by atoms with Crippen LogP contribution in [0.2, 0.25) is 0 Å². The summed E-state index contributed by atoms with van der Waals surface area (Å²) >= 11 is 0. The third-order valence-electron chi connectivity index (χ3n) is 8.18. The number of rotatable bonds is 3. The smallest absolute Gasteiger partial charge is 0.180 e. The molecule has 0 radical (unpaired) electrons. The van der Waals surface area contributed by atoms with Crippen molar-refractivity contribution in [3.05, 3.63) is 100 Å². The van der Waals surface area contributed by atoms with Gasteiger partial charge in [-0.15, -0.1) is 0 Å². The van der Waals surface area contributed by atoms with Gasteiger partial charge in [0.2, 0.25) is 0 Å². The van der Waals surface area contributed by atoms with Crippen LogP contribution in [-0.4, -0.2) is 44.2 Å². The molecule has 6 rings (SSSR count). The Hall–Kier alpha value is -3.18. The molecular formula is C31H36N5OP. The highest BCUT2D eigenvalue weighted by molar-refractivity contribution is 7.71. The number of benzene rings is 3. The van der Waals surface area contributed by atoms with Gasteiger partial charge in [0.05, 0.1) is 36.1 Å². The van der Waals surface area contributed by atoms with E-state index >= 15 is 0 Å². The van der Waals surface area contributed by atoms with Crippen LogP contribution in [0.1, 0.15) is 30.5 Å². The number of morpholine rings is 1. The predicted molar refractivity (Wildman–Crippen MR) is 160 cm³/mol. The zero-order valence-electron chi connectivity index (χ0n) is 22.9. The van der Waals surface area contributed by atoms with Crippen LogP contribution in [-0.2, 0) is 10.2 Å². The summed E-state index contributed by atoms with van der Waals surface area (Å²) in [6.07, 6.45) is 2.10. The number of hydrazone groups is 1. The van der Waals surface area contributed by atoms with Gasteiger partial charge in [0.15, 0.2) is 7.36 Å². The van der Waals surface area contributed by atoms with Crippen LogP contribution in [0.25, 0.3) is 0 Å². The summed E-state index contributed by atoms with van der Waals surface area (Å²) in [5.41, 5.74) is 8.21. The third kappa shape index (κ3) is 3.78. The lowest BCUT2D eigenvalue weighted by molar-refractivity contribution is 0.0743. The maximum atomic E-state index is 5.86. The lowest BCUT2D eigenvalue weighted by Gasteiger charge is -2.43. The molecule has 38 heavy (non-hydrogen) atoms. The number of fused-ring (bicyclic) bond motifs is 1. The molecular weight excluding hydrogens is 489 g/mol. The van der Waals surface area contributed by atoms with Crippen LogP contribution in [0.3, 0.4) is 0 Å². The Morgan fingerprint density at radius 1 is 0.895 bits per heavy atom. The van der Waals surface area contributed by atoms with Gasteiger partial charge in [-0.05, 0) is 54.8 Å². The summed E-state index contributed by atoms with van der Waals surface area (Å²) in [7, 11) is -0.405. The van der Waals surface area contributed by atoms with Gasteiger partial charge in [-0.25, -0.2) is 14.2 Å². The SMILES string of the molecule is Cc1cccc(N=[P@@]2(N3CCOCC3)/C(=C3/N(C)c4ccccc4C3(C)C)C=NN2c2ccccc2)c1C. The highest BCUT2D eigenvalue weighted by atomic mass is 31.2. The van der Waals surface area contributed by atoms with E-state index in [1.807, 2.05) is 0 Å². The van der Waals surface area contributed by atoms with Crippen LogP contribution in [0.4, 0.5) is 17.1 Å². The standard InChI is InChI=1S/C31H36N5OP/c1-23-12-11-16-27(24(23)2)33-38(35-18-20-37-21-19-35)29(22-32-36(38)25-13-7-6-8-14-25)30-31(3,4)26-15-9-10-17-28(26)34(30)5/h6-17,22H,18-21H2,1-5H3/b30-29+/t38-/m1/s1. The predicted octanol–water partition coefficient (Wildman–Crippen LogP) is 7.44. The van der Waals surface area contributed by atoms with Crippen molar-refractivity contribution in [2.75, 3.05) is 43.0 Å². The highest BCUT2D eigenvalue weighted by Crippen LogP contribution is 2.70. The minimum Gasteiger partial charge on any atom is -0.379 e. The first-order valence-electron chi connectivity index (χ1n) is 13.4. The minimum absolute atomic E-state index is 0.200. The molecule has 0 saturated carbocycles. The van der Waals surface area contributed by atoms with Gasteiger partial charge in [-0.2, -0.15) is 5.10 Å². The van der Waals surface area contributed by atoms with Crippen molar-refractivity contribution in [1.82, 2.24) is 4.67 Å². The Morgan fingerprint density at radius 2 is 1.61 bits per heavy atom. The molecule has 196 valence electrons. The van der Waals surface area contributed by atoms with Crippen molar-refractivity contribution < 1.29 is 4.74 Å². The minimum atomic E-state index is -2.60. The lowest BCUT2D eigenvalue weighted by Crippen LogP contribution is -2.38. The first-order valence-corrected chi connectivity index (χ1v) is 15.0. The van der Waals surface area contributed by atoms with Gasteiger partial charge in [0.1, 0.15) is 0 Å². The average Bonchev–Trinajstić information content (AvgIpc) is 3.40. The second kappa shape index (κ2) is 9.53. The van der Waals surface area contributed by atoms with Gasteiger partial charge in [0.25, 0.3) is 0 Å². The van der Waals surface area contributed by atoms with Gasteiger partial charge in [-0.3, -0.25) is 0 Å². The van der Waals surface area contributed by atoms with Gasteiger partial charge >= 0.3 is 0 Å². The van der Waals surface area contributed by atoms with E-state index in [0.717, 1.165) is 24.5 Å². The fourth-order valence-electron chi connectivity index (χ4n) is 6.07. The van der Waals surface area contributed by atoms with E-state index in [-0.39, 0.29) is 5.41 Å². The summed E-state index contributed by atoms with van der Waals surface area (Å²) in [4.78, 5) is 2.37. The molecule has 3 aromatic carbocycles. The number of hydrogen-bond acceptors (Lipinski definition) is 4. The Bertz CT molecular complexity index is 1490. The molecule has 0 aromatic heterocycles. The number of para-hydroxylation sites is 2. The molecule has 3 aliphatic heterocycles. The van der Waals surface area contributed by atoms with Crippen molar-refractivity contribution >= 4 is 30.6 Å². The van der Waals surface area contributed by atoms with Crippen LogP contribution >= 0.6 is 7.36 Å². The van der Waals surface area contributed by atoms with Gasteiger partial charge < -0.3 is 9.64 Å². The van der Waals surface area contributed by atoms with Gasteiger partial charge in [0, 0.05) is 36.9 Å². The number of allylic oxidation sites excluding steroid dienone is 2. The lowest BCUT2D eigenvalue weighted by atomic mass is 9.84. The molecule has 0 bridgehead atoms. The molecule has 3 aromatic rings. The number of aryl methyl sites for hydroxylation is 1. The summed E-state index contributed by atoms with van der Waals surface area (Å²) in [5, 5.41) is 6.38. The van der Waals surface area contributed by atoms with E-state index in [4.69, 9.17) is 14.6 Å². The summed E-state index contributed by atoms with van der Waals surface area (Å²) in [5.74, 6) is 0. The van der Waals surface area contributed by atoms with Crippen molar-refractivity contribution in [1.29, 1.82) is 0 Å². The molecule has 1 atom stereocenters. The van der Waals surface area contributed by atoms with Crippen LogP contribution in [0, 0.1) is 13.8 Å². The molecule has 3 aliphatic rings. The van der Waals surface area contributed by atoms with Crippen molar-refractivity contribution in [3.8, 4) is 0 Å². The summed E-state index contributed by atoms with van der Waals surface area (Å²) in [6.45, 7) is 12.0. The molecule has 1 saturated heterocycles. The molecule has 0 aliphatic carbocycles. The largest absolute Gasteiger partial charge is 0.379 e. The van der Waals surface area contributed by atoms with E-state index in [0.29, 0.717) is 13.2 Å². The van der Waals surface area contributed by atoms with Crippen LogP contribution in [0.5, 0.6) is 0 Å². The topological polar surface area (TPSA) is 43.7 Å². The zero-order valence-corrected chi connectivity index (χ0v) is 23.8. The second-order valence-corrected chi connectivity index (χ2v) is 13.5. The Morgan fingerprint density at radius 3 is 2.34 bits per heavy atom.